The number of para-hydroxylation sites is 1. The molecule has 1 aliphatic rings. The Morgan fingerprint density at radius 2 is 1.87 bits per heavy atom. The second kappa shape index (κ2) is 8.59. The molecule has 1 aromatic heterocycles. The minimum Gasteiger partial charge on any atom is -0.361 e. The Labute approximate surface area is 176 Å². The number of hydrogen-bond donors (Lipinski definition) is 3. The molecule has 4 N–H and O–H groups in total. The van der Waals surface area contributed by atoms with Crippen molar-refractivity contribution >= 4 is 26.8 Å². The van der Waals surface area contributed by atoms with E-state index in [-0.39, 0.29) is 10.8 Å². The van der Waals surface area contributed by atoms with E-state index in [1.54, 1.807) is 30.3 Å². The van der Waals surface area contributed by atoms with E-state index in [4.69, 9.17) is 5.73 Å². The average molecular weight is 427 g/mol. The number of nitrogens with two attached hydrogens (primary N) is 1. The van der Waals surface area contributed by atoms with Crippen molar-refractivity contribution in [1.82, 2.24) is 14.6 Å². The normalized spacial score (nSPS) is 18.9. The number of hydrogen-bond acceptors (Lipinski definition) is 4. The molecular formula is C22H26N4O3S. The van der Waals surface area contributed by atoms with Crippen molar-refractivity contribution in [2.45, 2.75) is 42.8 Å². The summed E-state index contributed by atoms with van der Waals surface area (Å²) in [5, 5.41) is 3.89. The lowest BCUT2D eigenvalue weighted by atomic mass is 10.0. The van der Waals surface area contributed by atoms with Crippen LogP contribution in [0.3, 0.4) is 0 Å². The van der Waals surface area contributed by atoms with Crippen molar-refractivity contribution in [1.29, 1.82) is 0 Å². The van der Waals surface area contributed by atoms with Gasteiger partial charge in [0.25, 0.3) is 0 Å². The molecule has 1 saturated heterocycles. The Bertz CT molecular complexity index is 1130. The van der Waals surface area contributed by atoms with E-state index in [0.29, 0.717) is 19.4 Å². The van der Waals surface area contributed by atoms with Gasteiger partial charge in [-0.15, -0.1) is 0 Å². The van der Waals surface area contributed by atoms with Crippen LogP contribution in [0.4, 0.5) is 0 Å². The number of carbonyl (C=O) groups excluding carboxylic acids is 1. The lowest BCUT2D eigenvalue weighted by Gasteiger charge is -2.34. The van der Waals surface area contributed by atoms with Gasteiger partial charge in [0.2, 0.25) is 15.9 Å². The first-order valence-corrected chi connectivity index (χ1v) is 11.6. The highest BCUT2D eigenvalue weighted by atomic mass is 32.2. The summed E-state index contributed by atoms with van der Waals surface area (Å²) in [6, 6.07) is 15.4. The second-order valence-corrected chi connectivity index (χ2v) is 9.51. The molecule has 0 bridgehead atoms. The summed E-state index contributed by atoms with van der Waals surface area (Å²) in [4.78, 5) is 16.4. The van der Waals surface area contributed by atoms with Gasteiger partial charge in [0.1, 0.15) is 6.04 Å². The summed E-state index contributed by atoms with van der Waals surface area (Å²) in [7, 11) is -3.74. The Morgan fingerprint density at radius 1 is 1.13 bits per heavy atom. The molecule has 1 aliphatic heterocycles. The van der Waals surface area contributed by atoms with Crippen LogP contribution in [0.1, 0.15) is 24.8 Å². The molecule has 3 aromatic rings. The molecule has 2 aromatic carbocycles. The van der Waals surface area contributed by atoms with E-state index < -0.39 is 22.2 Å². The van der Waals surface area contributed by atoms with Crippen LogP contribution in [0.5, 0.6) is 0 Å². The van der Waals surface area contributed by atoms with Crippen molar-refractivity contribution in [2.75, 3.05) is 6.54 Å². The molecule has 2 atom stereocenters. The zero-order valence-corrected chi connectivity index (χ0v) is 17.4. The van der Waals surface area contributed by atoms with Crippen LogP contribution in [0.15, 0.2) is 65.7 Å². The van der Waals surface area contributed by atoms with Crippen LogP contribution in [0.25, 0.3) is 10.9 Å². The monoisotopic (exact) mass is 426 g/mol. The smallest absolute Gasteiger partial charge is 0.243 e. The molecule has 8 heteroatoms. The van der Waals surface area contributed by atoms with E-state index >= 15 is 0 Å². The number of fused-ring (bicyclic) bond motifs is 1. The highest BCUT2D eigenvalue weighted by molar-refractivity contribution is 7.89. The van der Waals surface area contributed by atoms with Crippen LogP contribution in [-0.2, 0) is 21.2 Å². The molecule has 0 spiro atoms. The molecule has 158 valence electrons. The van der Waals surface area contributed by atoms with E-state index in [0.717, 1.165) is 29.3 Å². The van der Waals surface area contributed by atoms with Gasteiger partial charge in [-0.05, 0) is 36.6 Å². The van der Waals surface area contributed by atoms with E-state index in [1.165, 1.54) is 4.31 Å². The molecule has 1 fully saturated rings. The summed E-state index contributed by atoms with van der Waals surface area (Å²) < 4.78 is 27.5. The van der Waals surface area contributed by atoms with E-state index in [2.05, 4.69) is 10.3 Å². The van der Waals surface area contributed by atoms with Gasteiger partial charge in [-0.25, -0.2) is 8.42 Å². The maximum atomic E-state index is 13.1. The van der Waals surface area contributed by atoms with Crippen molar-refractivity contribution in [2.24, 2.45) is 5.73 Å². The number of nitrogens with zero attached hydrogens (tertiary/aromatic N) is 1. The number of benzene rings is 2. The van der Waals surface area contributed by atoms with Gasteiger partial charge < -0.3 is 16.0 Å². The number of sulfonamides is 1. The third-order valence-corrected chi connectivity index (χ3v) is 7.47. The van der Waals surface area contributed by atoms with Crippen LogP contribution in [-0.4, -0.2) is 42.4 Å². The number of piperidine rings is 1. The summed E-state index contributed by atoms with van der Waals surface area (Å²) in [5.74, 6) is -0.346. The maximum absolute atomic E-state index is 13.1. The summed E-state index contributed by atoms with van der Waals surface area (Å²) in [6.07, 6.45) is 3.75. The number of nitrogens with one attached hydrogen (secondary N) is 2. The van der Waals surface area contributed by atoms with Gasteiger partial charge >= 0.3 is 0 Å². The number of carbonyl (C=O) groups is 1. The molecule has 30 heavy (non-hydrogen) atoms. The standard InChI is InChI=1S/C22H26N4O3S/c23-21(14-16-15-24-19-11-5-4-10-18(16)19)25-22(27)20-12-6-7-13-26(20)30(28,29)17-8-2-1-3-9-17/h1-5,8-11,15,20-21,24H,6-7,12-14,23H2,(H,25,27)/t20-,21-/m0/s1. The number of rotatable bonds is 6. The Morgan fingerprint density at radius 3 is 2.67 bits per heavy atom. The number of aromatic nitrogens is 1. The second-order valence-electron chi connectivity index (χ2n) is 7.62. The first-order chi connectivity index (χ1) is 14.5. The fraction of sp³-hybridized carbons (Fsp3) is 0.318. The lowest BCUT2D eigenvalue weighted by molar-refractivity contribution is -0.126. The molecular weight excluding hydrogens is 400 g/mol. The lowest BCUT2D eigenvalue weighted by Crippen LogP contribution is -2.55. The number of aromatic amines is 1. The van der Waals surface area contributed by atoms with Crippen LogP contribution >= 0.6 is 0 Å². The van der Waals surface area contributed by atoms with E-state index in [1.807, 2.05) is 30.5 Å². The largest absolute Gasteiger partial charge is 0.361 e. The average Bonchev–Trinajstić information content (AvgIpc) is 3.17. The number of H-pyrrole nitrogens is 1. The maximum Gasteiger partial charge on any atom is 0.243 e. The van der Waals surface area contributed by atoms with Gasteiger partial charge in [-0.2, -0.15) is 4.31 Å². The molecule has 7 nitrogen and oxygen atoms in total. The van der Waals surface area contributed by atoms with Gasteiger partial charge in [-0.3, -0.25) is 4.79 Å². The Hall–Kier alpha value is -2.68. The quantitative estimate of drug-likeness (QED) is 0.526. The molecule has 2 heterocycles. The van der Waals surface area contributed by atoms with Crippen molar-refractivity contribution in [3.63, 3.8) is 0 Å². The predicted octanol–water partition coefficient (Wildman–Crippen LogP) is 2.35. The highest BCUT2D eigenvalue weighted by Crippen LogP contribution is 2.25. The van der Waals surface area contributed by atoms with Gasteiger partial charge in [0, 0.05) is 30.1 Å². The van der Waals surface area contributed by atoms with Crippen molar-refractivity contribution in [3.8, 4) is 0 Å². The molecule has 0 saturated carbocycles. The predicted molar refractivity (Wildman–Crippen MR) is 116 cm³/mol. The molecule has 1 amide bonds. The van der Waals surface area contributed by atoms with Crippen molar-refractivity contribution < 1.29 is 13.2 Å². The third kappa shape index (κ3) is 4.12. The van der Waals surface area contributed by atoms with Gasteiger partial charge in [0.05, 0.1) is 11.1 Å². The van der Waals surface area contributed by atoms with Crippen molar-refractivity contribution in [3.05, 3.63) is 66.4 Å². The summed E-state index contributed by atoms with van der Waals surface area (Å²) in [6.45, 7) is 0.326. The third-order valence-electron chi connectivity index (χ3n) is 5.55. The topological polar surface area (TPSA) is 108 Å². The first-order valence-electron chi connectivity index (χ1n) is 10.1. The molecule has 4 rings (SSSR count). The van der Waals surface area contributed by atoms with Crippen LogP contribution < -0.4 is 11.1 Å². The van der Waals surface area contributed by atoms with Crippen LogP contribution in [0.2, 0.25) is 0 Å². The fourth-order valence-corrected chi connectivity index (χ4v) is 5.73. The highest BCUT2D eigenvalue weighted by Gasteiger charge is 2.37. The SMILES string of the molecule is N[C@H](Cc1c[nH]c2ccccc12)NC(=O)[C@@H]1CCCCN1S(=O)(=O)c1ccccc1. The number of amides is 1. The summed E-state index contributed by atoms with van der Waals surface area (Å²) in [5.41, 5.74) is 8.24. The minimum atomic E-state index is -3.74. The molecule has 0 aliphatic carbocycles. The molecule has 0 radical (unpaired) electrons. The van der Waals surface area contributed by atoms with Crippen LogP contribution in [0, 0.1) is 0 Å². The minimum absolute atomic E-state index is 0.202. The Balaban J connectivity index is 1.48. The van der Waals surface area contributed by atoms with Gasteiger partial charge in [-0.1, -0.05) is 42.8 Å². The molecule has 0 unspecified atom stereocenters. The summed E-state index contributed by atoms with van der Waals surface area (Å²) >= 11 is 0. The zero-order valence-electron chi connectivity index (χ0n) is 16.6. The van der Waals surface area contributed by atoms with Gasteiger partial charge in [0.15, 0.2) is 0 Å². The zero-order chi connectivity index (χ0) is 21.1. The fourth-order valence-electron chi connectivity index (χ4n) is 4.05. The first kappa shape index (κ1) is 20.6. The van der Waals surface area contributed by atoms with E-state index in [9.17, 15) is 13.2 Å². The Kier molecular flexibility index (Phi) is 5.90.